The quantitative estimate of drug-likeness (QED) is 0.765. The van der Waals surface area contributed by atoms with E-state index in [1.807, 2.05) is 40.0 Å². The Bertz CT molecular complexity index is 386. The van der Waals surface area contributed by atoms with Gasteiger partial charge in [0.15, 0.2) is 11.9 Å². The highest BCUT2D eigenvalue weighted by Crippen LogP contribution is 2.25. The summed E-state index contributed by atoms with van der Waals surface area (Å²) in [6.07, 6.45) is 5.41. The summed E-state index contributed by atoms with van der Waals surface area (Å²) in [5.74, 6) is 0.00736. The van der Waals surface area contributed by atoms with Gasteiger partial charge in [-0.05, 0) is 12.8 Å². The number of carbonyl (C=O) groups excluding carboxylic acids is 1. The average molecular weight is 251 g/mol. The van der Waals surface area contributed by atoms with Gasteiger partial charge in [-0.2, -0.15) is 0 Å². The first-order chi connectivity index (χ1) is 8.68. The van der Waals surface area contributed by atoms with Crippen molar-refractivity contribution in [3.63, 3.8) is 0 Å². The van der Waals surface area contributed by atoms with Gasteiger partial charge in [-0.3, -0.25) is 4.79 Å². The smallest absolute Gasteiger partial charge is 0.221 e. The van der Waals surface area contributed by atoms with E-state index in [0.717, 1.165) is 18.5 Å². The highest BCUT2D eigenvalue weighted by atomic mass is 16.1. The van der Waals surface area contributed by atoms with Gasteiger partial charge in [0.05, 0.1) is 5.69 Å². The van der Waals surface area contributed by atoms with Crippen LogP contribution < -0.4 is 9.88 Å². The van der Waals surface area contributed by atoms with E-state index in [1.54, 1.807) is 6.92 Å². The summed E-state index contributed by atoms with van der Waals surface area (Å²) in [6, 6.07) is 1.98. The van der Waals surface area contributed by atoms with Crippen molar-refractivity contribution in [2.75, 3.05) is 5.32 Å². The summed E-state index contributed by atoms with van der Waals surface area (Å²) >= 11 is 0. The van der Waals surface area contributed by atoms with Gasteiger partial charge >= 0.3 is 0 Å². The lowest BCUT2D eigenvalue weighted by atomic mass is 10.2. The van der Waals surface area contributed by atoms with E-state index in [4.69, 9.17) is 0 Å². The summed E-state index contributed by atoms with van der Waals surface area (Å²) < 4.78 is 2.15. The van der Waals surface area contributed by atoms with E-state index >= 15 is 0 Å². The molecule has 0 spiro atoms. The van der Waals surface area contributed by atoms with E-state index < -0.39 is 0 Å². The molecule has 0 atom stereocenters. The Morgan fingerprint density at radius 3 is 2.39 bits per heavy atom. The lowest BCUT2D eigenvalue weighted by Crippen LogP contribution is -2.33. The average Bonchev–Trinajstić information content (AvgIpc) is 2.88. The van der Waals surface area contributed by atoms with Crippen molar-refractivity contribution >= 4 is 11.6 Å². The highest BCUT2D eigenvalue weighted by Gasteiger charge is 2.23. The molecule has 3 heteroatoms. The fraction of sp³-hybridized carbons (Fsp3) is 0.600. The molecule has 0 saturated carbocycles. The number of rotatable bonds is 1. The summed E-state index contributed by atoms with van der Waals surface area (Å²) in [5, 5.41) is 2.88. The SMILES string of the molecule is CC.CC.CC(=O)Nc1cc[n+](C)c2c1CCC2. The molecule has 3 nitrogen and oxygen atoms in total. The zero-order chi connectivity index (χ0) is 14.1. The molecule has 0 bridgehead atoms. The van der Waals surface area contributed by atoms with Crippen molar-refractivity contribution in [1.29, 1.82) is 0 Å². The van der Waals surface area contributed by atoms with Crippen LogP contribution in [-0.2, 0) is 24.7 Å². The first-order valence-electron chi connectivity index (χ1n) is 6.96. The van der Waals surface area contributed by atoms with Crippen LogP contribution in [0.25, 0.3) is 0 Å². The summed E-state index contributed by atoms with van der Waals surface area (Å²) in [7, 11) is 2.06. The Labute approximate surface area is 111 Å². The molecule has 0 aliphatic heterocycles. The van der Waals surface area contributed by atoms with Crippen molar-refractivity contribution in [3.8, 4) is 0 Å². The van der Waals surface area contributed by atoms with Crippen LogP contribution in [0.1, 0.15) is 52.3 Å². The lowest BCUT2D eigenvalue weighted by molar-refractivity contribution is -0.678. The molecule has 1 N–H and O–H groups in total. The van der Waals surface area contributed by atoms with Crippen molar-refractivity contribution < 1.29 is 9.36 Å². The largest absolute Gasteiger partial charge is 0.326 e. The molecule has 102 valence electrons. The predicted molar refractivity (Wildman–Crippen MR) is 76.6 cm³/mol. The molecule has 0 saturated heterocycles. The first kappa shape index (κ1) is 16.6. The Morgan fingerprint density at radius 2 is 1.83 bits per heavy atom. The number of anilines is 1. The standard InChI is InChI=1S/C11H14N2O.2C2H6/c1-8(14)12-10-6-7-13(2)11-5-3-4-9(10)11;2*1-2/h6-7H,3-5H2,1-2H3;2*1-2H3/p+1. The molecule has 1 heterocycles. The van der Waals surface area contributed by atoms with Crippen LogP contribution >= 0.6 is 0 Å². The molecule has 1 aromatic rings. The summed E-state index contributed by atoms with van der Waals surface area (Å²) in [4.78, 5) is 11.0. The van der Waals surface area contributed by atoms with Gasteiger partial charge in [0.2, 0.25) is 5.91 Å². The van der Waals surface area contributed by atoms with E-state index in [9.17, 15) is 4.79 Å². The van der Waals surface area contributed by atoms with E-state index in [0.29, 0.717) is 0 Å². The lowest BCUT2D eigenvalue weighted by Gasteiger charge is -2.06. The Kier molecular flexibility index (Phi) is 8.01. The molecule has 1 aliphatic rings. The maximum Gasteiger partial charge on any atom is 0.221 e. The van der Waals surface area contributed by atoms with Crippen LogP contribution in [0.2, 0.25) is 0 Å². The molecule has 18 heavy (non-hydrogen) atoms. The normalized spacial score (nSPS) is 11.4. The van der Waals surface area contributed by atoms with Crippen molar-refractivity contribution in [3.05, 3.63) is 23.5 Å². The highest BCUT2D eigenvalue weighted by molar-refractivity contribution is 5.89. The summed E-state index contributed by atoms with van der Waals surface area (Å²) in [6.45, 7) is 9.55. The first-order valence-corrected chi connectivity index (χ1v) is 6.96. The maximum absolute atomic E-state index is 11.0. The predicted octanol–water partition coefficient (Wildman–Crippen LogP) is 3.01. The Balaban J connectivity index is 0.000000659. The second kappa shape index (κ2) is 8.67. The van der Waals surface area contributed by atoms with Crippen LogP contribution in [0, 0.1) is 0 Å². The molecular formula is C15H27N2O+. The van der Waals surface area contributed by atoms with Crippen LogP contribution in [0.15, 0.2) is 12.3 Å². The number of pyridine rings is 1. The second-order valence-electron chi connectivity index (χ2n) is 3.80. The molecule has 1 aliphatic carbocycles. The molecular weight excluding hydrogens is 224 g/mol. The van der Waals surface area contributed by atoms with Crippen molar-refractivity contribution in [1.82, 2.24) is 0 Å². The van der Waals surface area contributed by atoms with E-state index in [1.165, 1.54) is 17.7 Å². The summed E-state index contributed by atoms with van der Waals surface area (Å²) in [5.41, 5.74) is 3.66. The third-order valence-corrected chi connectivity index (χ3v) is 2.72. The van der Waals surface area contributed by atoms with Gasteiger partial charge in [0.1, 0.15) is 7.05 Å². The minimum Gasteiger partial charge on any atom is -0.326 e. The van der Waals surface area contributed by atoms with Gasteiger partial charge in [0.25, 0.3) is 0 Å². The van der Waals surface area contributed by atoms with Gasteiger partial charge in [-0.25, -0.2) is 4.57 Å². The fourth-order valence-electron chi connectivity index (χ4n) is 2.09. The second-order valence-corrected chi connectivity index (χ2v) is 3.80. The van der Waals surface area contributed by atoms with E-state index in [-0.39, 0.29) is 5.91 Å². The maximum atomic E-state index is 11.0. The topological polar surface area (TPSA) is 33.0 Å². The van der Waals surface area contributed by atoms with Gasteiger partial charge < -0.3 is 5.32 Å². The number of carbonyl (C=O) groups is 1. The van der Waals surface area contributed by atoms with Gasteiger partial charge in [-0.1, -0.05) is 27.7 Å². The van der Waals surface area contributed by atoms with Gasteiger partial charge in [-0.15, -0.1) is 0 Å². The van der Waals surface area contributed by atoms with Crippen molar-refractivity contribution in [2.24, 2.45) is 7.05 Å². The van der Waals surface area contributed by atoms with Gasteiger partial charge in [0, 0.05) is 25.0 Å². The number of amides is 1. The number of nitrogens with zero attached hydrogens (tertiary/aromatic N) is 1. The Morgan fingerprint density at radius 1 is 1.22 bits per heavy atom. The van der Waals surface area contributed by atoms with Crippen LogP contribution in [-0.4, -0.2) is 5.91 Å². The molecule has 0 aromatic carbocycles. The van der Waals surface area contributed by atoms with Crippen LogP contribution in [0.4, 0.5) is 5.69 Å². The number of hydrogen-bond acceptors (Lipinski definition) is 1. The molecule has 1 aromatic heterocycles. The number of aromatic nitrogens is 1. The molecule has 1 amide bonds. The van der Waals surface area contributed by atoms with E-state index in [2.05, 4.69) is 16.9 Å². The number of nitrogens with one attached hydrogen (secondary N) is 1. The number of fused-ring (bicyclic) bond motifs is 1. The molecule has 0 fully saturated rings. The number of aryl methyl sites for hydroxylation is 1. The third-order valence-electron chi connectivity index (χ3n) is 2.72. The fourth-order valence-corrected chi connectivity index (χ4v) is 2.09. The van der Waals surface area contributed by atoms with Crippen LogP contribution in [0.3, 0.4) is 0 Å². The molecule has 0 unspecified atom stereocenters. The third kappa shape index (κ3) is 4.13. The minimum atomic E-state index is 0.00736. The number of hydrogen-bond donors (Lipinski definition) is 1. The monoisotopic (exact) mass is 251 g/mol. The zero-order valence-corrected chi connectivity index (χ0v) is 12.6. The Hall–Kier alpha value is -1.38. The van der Waals surface area contributed by atoms with Crippen molar-refractivity contribution in [2.45, 2.75) is 53.9 Å². The van der Waals surface area contributed by atoms with Crippen LogP contribution in [0.5, 0.6) is 0 Å². The zero-order valence-electron chi connectivity index (χ0n) is 12.6. The molecule has 2 rings (SSSR count). The molecule has 0 radical (unpaired) electrons. The minimum absolute atomic E-state index is 0.00736.